The number of unbranched alkanes of at least 4 members (excludes halogenated alkanes) is 2. The molecule has 1 aliphatic rings. The number of aryl methyl sites for hydroxylation is 1. The van der Waals surface area contributed by atoms with Crippen LogP contribution in [0, 0.1) is 10.7 Å². The van der Waals surface area contributed by atoms with Crippen molar-refractivity contribution in [1.82, 2.24) is 18.7 Å². The van der Waals surface area contributed by atoms with Crippen LogP contribution in [0.5, 0.6) is 0 Å². The lowest BCUT2D eigenvalue weighted by Gasteiger charge is -2.26. The van der Waals surface area contributed by atoms with Gasteiger partial charge in [-0.3, -0.25) is 13.8 Å². The number of quaternary nitrogens is 1. The summed E-state index contributed by atoms with van der Waals surface area (Å²) in [6, 6.07) is 7.74. The zero-order chi connectivity index (χ0) is 19.7. The molecule has 7 heteroatoms. The normalized spacial score (nSPS) is 20.2. The molecular weight excluding hydrogens is 370 g/mol. The predicted molar refractivity (Wildman–Crippen MR) is 114 cm³/mol. The molecule has 1 N–H and O–H groups in total. The number of aromatic nitrogens is 4. The molecular formula is C21H30N5OS+. The Morgan fingerprint density at radius 1 is 1.21 bits per heavy atom. The lowest BCUT2D eigenvalue weighted by molar-refractivity contribution is -0.929. The van der Waals surface area contributed by atoms with Crippen molar-refractivity contribution in [2.24, 2.45) is 5.92 Å². The molecule has 3 aromatic rings. The number of benzene rings is 1. The standard InChI is InChI=1S/C21H29N5OS/c1-3-4-7-12-24-19(27)17-8-5-6-9-18(17)26-20(24)22-25(21(26)28)15-23-13-10-16(2)11-14-23/h5-6,8-9,16H,3-4,7,10-15H2,1-2H3/p+1. The van der Waals surface area contributed by atoms with Crippen LogP contribution in [0.2, 0.25) is 0 Å². The van der Waals surface area contributed by atoms with E-state index in [0.29, 0.717) is 22.5 Å². The van der Waals surface area contributed by atoms with E-state index >= 15 is 0 Å². The Balaban J connectivity index is 1.82. The molecule has 0 atom stereocenters. The van der Waals surface area contributed by atoms with Gasteiger partial charge in [-0.2, -0.15) is 4.68 Å². The minimum Gasteiger partial charge on any atom is -0.316 e. The lowest BCUT2D eigenvalue weighted by Crippen LogP contribution is -3.12. The van der Waals surface area contributed by atoms with Crippen molar-refractivity contribution >= 4 is 28.9 Å². The molecule has 0 bridgehead atoms. The molecule has 0 saturated carbocycles. The highest BCUT2D eigenvalue weighted by molar-refractivity contribution is 7.71. The molecule has 4 rings (SSSR count). The molecule has 1 fully saturated rings. The lowest BCUT2D eigenvalue weighted by atomic mass is 10.00. The fourth-order valence-electron chi connectivity index (χ4n) is 4.23. The van der Waals surface area contributed by atoms with Crippen LogP contribution < -0.4 is 10.5 Å². The van der Waals surface area contributed by atoms with Crippen LogP contribution in [0.1, 0.15) is 46.0 Å². The minimum atomic E-state index is 0.0329. The van der Waals surface area contributed by atoms with Gasteiger partial charge in [0.2, 0.25) is 10.5 Å². The summed E-state index contributed by atoms with van der Waals surface area (Å²) >= 11 is 5.82. The largest absolute Gasteiger partial charge is 0.316 e. The number of hydrogen-bond donors (Lipinski definition) is 1. The molecule has 3 heterocycles. The van der Waals surface area contributed by atoms with Crippen LogP contribution in [0.25, 0.3) is 16.7 Å². The fraction of sp³-hybridized carbons (Fsp3) is 0.571. The third-order valence-electron chi connectivity index (χ3n) is 6.02. The van der Waals surface area contributed by atoms with Crippen LogP contribution in [-0.4, -0.2) is 31.8 Å². The maximum Gasteiger partial charge on any atom is 0.262 e. The molecule has 6 nitrogen and oxygen atoms in total. The number of hydrogen-bond acceptors (Lipinski definition) is 3. The summed E-state index contributed by atoms with van der Waals surface area (Å²) in [5.74, 6) is 1.49. The Hall–Kier alpha value is -1.99. The van der Waals surface area contributed by atoms with Crippen LogP contribution >= 0.6 is 12.2 Å². The summed E-state index contributed by atoms with van der Waals surface area (Å²) in [6.07, 6.45) is 5.69. The van der Waals surface area contributed by atoms with Crippen molar-refractivity contribution < 1.29 is 4.90 Å². The molecule has 28 heavy (non-hydrogen) atoms. The first-order valence-corrected chi connectivity index (χ1v) is 11.0. The second-order valence-electron chi connectivity index (χ2n) is 8.19. The maximum atomic E-state index is 13.1. The third kappa shape index (κ3) is 3.53. The van der Waals surface area contributed by atoms with Gasteiger partial charge in [-0.05, 0) is 49.5 Å². The van der Waals surface area contributed by atoms with Gasteiger partial charge >= 0.3 is 0 Å². The van der Waals surface area contributed by atoms with E-state index < -0.39 is 0 Å². The van der Waals surface area contributed by atoms with E-state index in [2.05, 4.69) is 13.8 Å². The smallest absolute Gasteiger partial charge is 0.262 e. The van der Waals surface area contributed by atoms with Gasteiger partial charge in [-0.25, -0.2) is 0 Å². The summed E-state index contributed by atoms with van der Waals surface area (Å²) in [5.41, 5.74) is 0.887. The zero-order valence-electron chi connectivity index (χ0n) is 16.9. The van der Waals surface area contributed by atoms with E-state index in [0.717, 1.165) is 50.5 Å². The Kier molecular flexibility index (Phi) is 5.64. The van der Waals surface area contributed by atoms with Crippen molar-refractivity contribution in [3.63, 3.8) is 0 Å². The van der Waals surface area contributed by atoms with Crippen molar-refractivity contribution in [2.45, 2.75) is 59.2 Å². The van der Waals surface area contributed by atoms with Crippen molar-refractivity contribution in [3.8, 4) is 0 Å². The number of fused-ring (bicyclic) bond motifs is 3. The van der Waals surface area contributed by atoms with Gasteiger partial charge in [0, 0.05) is 6.54 Å². The number of likely N-dealkylation sites (tertiary alicyclic amines) is 1. The van der Waals surface area contributed by atoms with Gasteiger partial charge in [0.05, 0.1) is 24.0 Å². The number of rotatable bonds is 6. The Morgan fingerprint density at radius 2 is 1.96 bits per heavy atom. The van der Waals surface area contributed by atoms with E-state index in [4.69, 9.17) is 17.3 Å². The first kappa shape index (κ1) is 19.3. The molecule has 0 aliphatic carbocycles. The fourth-order valence-corrected chi connectivity index (χ4v) is 4.52. The third-order valence-corrected chi connectivity index (χ3v) is 6.42. The summed E-state index contributed by atoms with van der Waals surface area (Å²) in [4.78, 5) is 14.7. The van der Waals surface area contributed by atoms with E-state index in [1.165, 1.54) is 17.7 Å². The molecule has 0 amide bonds. The van der Waals surface area contributed by atoms with Crippen molar-refractivity contribution in [2.75, 3.05) is 13.1 Å². The van der Waals surface area contributed by atoms with Crippen molar-refractivity contribution in [3.05, 3.63) is 39.4 Å². The van der Waals surface area contributed by atoms with Gasteiger partial charge in [0.15, 0.2) is 6.67 Å². The topological polar surface area (TPSA) is 48.7 Å². The highest BCUT2D eigenvalue weighted by atomic mass is 32.1. The average molecular weight is 401 g/mol. The predicted octanol–water partition coefficient (Wildman–Crippen LogP) is 2.64. The van der Waals surface area contributed by atoms with Crippen molar-refractivity contribution in [1.29, 1.82) is 0 Å². The summed E-state index contributed by atoms with van der Waals surface area (Å²) in [7, 11) is 0. The van der Waals surface area contributed by atoms with E-state index in [1.807, 2.05) is 37.9 Å². The minimum absolute atomic E-state index is 0.0329. The number of nitrogens with one attached hydrogen (secondary N) is 1. The van der Waals surface area contributed by atoms with Crippen LogP contribution in [0.4, 0.5) is 0 Å². The SMILES string of the molecule is CCCCCn1c(=O)c2ccccc2n2c(=S)n(C[NH+]3CCC(C)CC3)nc12. The molecule has 2 aromatic heterocycles. The summed E-state index contributed by atoms with van der Waals surface area (Å²) in [5, 5.41) is 5.54. The monoisotopic (exact) mass is 400 g/mol. The highest BCUT2D eigenvalue weighted by Crippen LogP contribution is 2.15. The Labute approximate surface area is 170 Å². The van der Waals surface area contributed by atoms with Crippen LogP contribution in [-0.2, 0) is 13.2 Å². The molecule has 0 spiro atoms. The molecule has 150 valence electrons. The first-order chi connectivity index (χ1) is 13.6. The molecule has 1 saturated heterocycles. The van der Waals surface area contributed by atoms with E-state index in [-0.39, 0.29) is 5.56 Å². The molecule has 0 radical (unpaired) electrons. The van der Waals surface area contributed by atoms with E-state index in [9.17, 15) is 4.79 Å². The number of nitrogens with zero attached hydrogens (tertiary/aromatic N) is 4. The zero-order valence-corrected chi connectivity index (χ0v) is 17.7. The quantitative estimate of drug-likeness (QED) is 0.511. The van der Waals surface area contributed by atoms with Crippen LogP contribution in [0.3, 0.4) is 0 Å². The second kappa shape index (κ2) is 8.17. The number of piperidine rings is 1. The summed E-state index contributed by atoms with van der Waals surface area (Å²) in [6.45, 7) is 8.26. The van der Waals surface area contributed by atoms with Gasteiger partial charge in [0.1, 0.15) is 0 Å². The Bertz CT molecular complexity index is 1090. The Morgan fingerprint density at radius 3 is 2.71 bits per heavy atom. The van der Waals surface area contributed by atoms with Gasteiger partial charge in [-0.1, -0.05) is 38.8 Å². The first-order valence-electron chi connectivity index (χ1n) is 10.5. The van der Waals surface area contributed by atoms with Gasteiger partial charge in [-0.15, -0.1) is 5.10 Å². The van der Waals surface area contributed by atoms with Crippen LogP contribution in [0.15, 0.2) is 29.1 Å². The highest BCUT2D eigenvalue weighted by Gasteiger charge is 2.21. The molecule has 0 unspecified atom stereocenters. The van der Waals surface area contributed by atoms with E-state index in [1.54, 1.807) is 0 Å². The van der Waals surface area contributed by atoms with Gasteiger partial charge < -0.3 is 4.90 Å². The molecule has 1 aliphatic heterocycles. The van der Waals surface area contributed by atoms with Gasteiger partial charge in [0.25, 0.3) is 5.56 Å². The number of para-hydroxylation sites is 1. The maximum absolute atomic E-state index is 13.1. The average Bonchev–Trinajstić information content (AvgIpc) is 3.02. The molecule has 1 aromatic carbocycles. The second-order valence-corrected chi connectivity index (χ2v) is 8.55. The summed E-state index contributed by atoms with van der Waals surface area (Å²) < 4.78 is 6.42.